The van der Waals surface area contributed by atoms with Gasteiger partial charge in [0.25, 0.3) is 0 Å². The summed E-state index contributed by atoms with van der Waals surface area (Å²) in [6.07, 6.45) is 0.481. The van der Waals surface area contributed by atoms with Gasteiger partial charge in [0.05, 0.1) is 36.2 Å². The molecule has 0 saturated carbocycles. The van der Waals surface area contributed by atoms with Gasteiger partial charge in [0.15, 0.2) is 0 Å². The van der Waals surface area contributed by atoms with E-state index in [0.29, 0.717) is 17.8 Å². The molecule has 1 amide bonds. The first-order valence-electron chi connectivity index (χ1n) is 9.55. The van der Waals surface area contributed by atoms with Gasteiger partial charge in [-0.25, -0.2) is 4.79 Å². The Kier molecular flexibility index (Phi) is 5.38. The molecular weight excluding hydrogens is 394 g/mol. The van der Waals surface area contributed by atoms with E-state index in [0.717, 1.165) is 10.4 Å². The third-order valence-electron chi connectivity index (χ3n) is 5.38. The van der Waals surface area contributed by atoms with Crippen molar-refractivity contribution in [3.63, 3.8) is 0 Å². The van der Waals surface area contributed by atoms with Crippen LogP contribution in [-0.4, -0.2) is 41.8 Å². The molecule has 2 aliphatic rings. The van der Waals surface area contributed by atoms with Crippen LogP contribution in [-0.2, 0) is 19.1 Å². The van der Waals surface area contributed by atoms with Crippen LogP contribution < -0.4 is 5.32 Å². The number of carboxylic acid groups (broad SMARTS) is 1. The Hall–Kier alpha value is -2.71. The molecule has 29 heavy (non-hydrogen) atoms. The van der Waals surface area contributed by atoms with Gasteiger partial charge in [0.1, 0.15) is 5.00 Å². The van der Waals surface area contributed by atoms with Gasteiger partial charge in [-0.3, -0.25) is 9.59 Å². The molecule has 2 aromatic rings. The highest BCUT2D eigenvalue weighted by atomic mass is 32.1. The van der Waals surface area contributed by atoms with Crippen LogP contribution in [0, 0.1) is 11.8 Å². The number of ether oxygens (including phenoxy) is 2. The fraction of sp³-hybridized carbons (Fsp3) is 0.381. The molecule has 2 aliphatic heterocycles. The van der Waals surface area contributed by atoms with E-state index >= 15 is 0 Å². The van der Waals surface area contributed by atoms with Crippen LogP contribution in [0.1, 0.15) is 30.1 Å². The van der Waals surface area contributed by atoms with Crippen LogP contribution in [0.25, 0.3) is 10.4 Å². The van der Waals surface area contributed by atoms with Crippen LogP contribution in [0.15, 0.2) is 36.4 Å². The average Bonchev–Trinajstić information content (AvgIpc) is 3.43. The second-order valence-corrected chi connectivity index (χ2v) is 8.16. The van der Waals surface area contributed by atoms with Gasteiger partial charge in [0.2, 0.25) is 5.91 Å². The number of aliphatic carboxylic acids is 1. The van der Waals surface area contributed by atoms with Crippen molar-refractivity contribution < 1.29 is 29.0 Å². The van der Waals surface area contributed by atoms with Gasteiger partial charge >= 0.3 is 11.9 Å². The van der Waals surface area contributed by atoms with E-state index in [4.69, 9.17) is 9.47 Å². The molecule has 2 fully saturated rings. The van der Waals surface area contributed by atoms with Crippen LogP contribution in [0.2, 0.25) is 0 Å². The minimum atomic E-state index is -1.03. The molecule has 8 heteroatoms. The van der Waals surface area contributed by atoms with Crippen LogP contribution in [0.3, 0.4) is 0 Å². The summed E-state index contributed by atoms with van der Waals surface area (Å²) in [6.45, 7) is 1.93. The Balaban J connectivity index is 1.63. The third-order valence-corrected chi connectivity index (χ3v) is 6.48. The molecule has 0 unspecified atom stereocenters. The highest BCUT2D eigenvalue weighted by Gasteiger charge is 2.55. The Labute approximate surface area is 171 Å². The van der Waals surface area contributed by atoms with E-state index < -0.39 is 41.9 Å². The average molecular weight is 415 g/mol. The first-order chi connectivity index (χ1) is 14.0. The molecule has 1 aromatic heterocycles. The van der Waals surface area contributed by atoms with E-state index in [1.54, 1.807) is 13.0 Å². The lowest BCUT2D eigenvalue weighted by atomic mass is 9.79. The van der Waals surface area contributed by atoms with Crippen molar-refractivity contribution in [1.29, 1.82) is 0 Å². The number of hydrogen-bond acceptors (Lipinski definition) is 6. The minimum absolute atomic E-state index is 0.212. The molecule has 2 saturated heterocycles. The molecular formula is C21H21NO6S. The van der Waals surface area contributed by atoms with Crippen LogP contribution >= 0.6 is 11.3 Å². The van der Waals surface area contributed by atoms with Gasteiger partial charge in [-0.2, -0.15) is 0 Å². The molecule has 7 nitrogen and oxygen atoms in total. The molecule has 0 aliphatic carbocycles. The number of nitrogens with one attached hydrogen (secondary N) is 1. The minimum Gasteiger partial charge on any atom is -0.481 e. The van der Waals surface area contributed by atoms with E-state index in [2.05, 4.69) is 5.32 Å². The number of carboxylic acids is 1. The standard InChI is InChI=1S/C21H21NO6S/c1-2-27-21(26)12-10-15(11-6-4-3-5-7-11)29-19(12)22-18(23)16-13-8-9-14(28-13)17(16)20(24)25/h3-7,10,13-14,16-17H,2,8-9H2,1H3,(H,22,23)(H,24,25)/t13-,14-,16-,17-/m1/s1. The van der Waals surface area contributed by atoms with Crippen molar-refractivity contribution in [1.82, 2.24) is 0 Å². The summed E-state index contributed by atoms with van der Waals surface area (Å²) in [7, 11) is 0. The summed E-state index contributed by atoms with van der Waals surface area (Å²) in [6, 6.07) is 11.2. The monoisotopic (exact) mass is 415 g/mol. The Morgan fingerprint density at radius 1 is 1.17 bits per heavy atom. The Morgan fingerprint density at radius 2 is 1.86 bits per heavy atom. The second-order valence-electron chi connectivity index (χ2n) is 7.11. The number of esters is 1. The van der Waals surface area contributed by atoms with Gasteiger partial charge in [-0.05, 0) is 31.4 Å². The van der Waals surface area contributed by atoms with Crippen LogP contribution in [0.4, 0.5) is 5.00 Å². The van der Waals surface area contributed by atoms with E-state index in [-0.39, 0.29) is 12.2 Å². The van der Waals surface area contributed by atoms with Crippen molar-refractivity contribution in [3.8, 4) is 10.4 Å². The molecule has 3 heterocycles. The smallest absolute Gasteiger partial charge is 0.341 e. The molecule has 2 bridgehead atoms. The number of hydrogen-bond donors (Lipinski definition) is 2. The van der Waals surface area contributed by atoms with Crippen molar-refractivity contribution in [2.75, 3.05) is 11.9 Å². The molecule has 152 valence electrons. The number of anilines is 1. The Morgan fingerprint density at radius 3 is 2.52 bits per heavy atom. The fourth-order valence-corrected chi connectivity index (χ4v) is 5.16. The summed E-state index contributed by atoms with van der Waals surface area (Å²) in [5, 5.41) is 12.7. The number of thiophene rings is 1. The molecule has 4 atom stereocenters. The van der Waals surface area contributed by atoms with E-state index in [9.17, 15) is 19.5 Å². The van der Waals surface area contributed by atoms with E-state index in [1.807, 2.05) is 30.3 Å². The zero-order valence-corrected chi connectivity index (χ0v) is 16.6. The summed E-state index contributed by atoms with van der Waals surface area (Å²) in [4.78, 5) is 37.9. The molecule has 2 N–H and O–H groups in total. The highest BCUT2D eigenvalue weighted by molar-refractivity contribution is 7.20. The topological polar surface area (TPSA) is 102 Å². The van der Waals surface area contributed by atoms with Gasteiger partial charge in [-0.1, -0.05) is 30.3 Å². The van der Waals surface area contributed by atoms with Gasteiger partial charge < -0.3 is 19.9 Å². The zero-order valence-electron chi connectivity index (χ0n) is 15.8. The Bertz CT molecular complexity index is 940. The summed E-state index contributed by atoms with van der Waals surface area (Å²) < 4.78 is 10.8. The maximum absolute atomic E-state index is 13.0. The predicted molar refractivity (Wildman–Crippen MR) is 107 cm³/mol. The number of amides is 1. The quantitative estimate of drug-likeness (QED) is 0.701. The lowest BCUT2D eigenvalue weighted by molar-refractivity contribution is -0.147. The molecule has 0 radical (unpaired) electrons. The number of benzene rings is 1. The summed E-state index contributed by atoms with van der Waals surface area (Å²) in [5.74, 6) is -3.63. The van der Waals surface area contributed by atoms with Gasteiger partial charge in [0, 0.05) is 4.88 Å². The second kappa shape index (κ2) is 7.96. The number of carbonyl (C=O) groups excluding carboxylic acids is 2. The lowest BCUT2D eigenvalue weighted by Crippen LogP contribution is -2.41. The van der Waals surface area contributed by atoms with E-state index in [1.165, 1.54) is 11.3 Å². The SMILES string of the molecule is CCOC(=O)c1cc(-c2ccccc2)sc1NC(=O)[C@H]1[C@H](C(=O)O)[C@H]2CC[C@H]1O2. The number of fused-ring (bicyclic) bond motifs is 2. The normalized spacial score (nSPS) is 25.0. The molecule has 1 aromatic carbocycles. The highest BCUT2D eigenvalue weighted by Crippen LogP contribution is 2.45. The van der Waals surface area contributed by atoms with Crippen molar-refractivity contribution in [2.45, 2.75) is 32.0 Å². The lowest BCUT2D eigenvalue weighted by Gasteiger charge is -2.23. The largest absolute Gasteiger partial charge is 0.481 e. The van der Waals surface area contributed by atoms with Crippen molar-refractivity contribution in [2.24, 2.45) is 11.8 Å². The third kappa shape index (κ3) is 3.65. The predicted octanol–water partition coefficient (Wildman–Crippen LogP) is 3.41. The van der Waals surface area contributed by atoms with Gasteiger partial charge in [-0.15, -0.1) is 11.3 Å². The first-order valence-corrected chi connectivity index (χ1v) is 10.4. The summed E-state index contributed by atoms with van der Waals surface area (Å²) >= 11 is 1.26. The van der Waals surface area contributed by atoms with Crippen LogP contribution in [0.5, 0.6) is 0 Å². The van der Waals surface area contributed by atoms with Crippen molar-refractivity contribution in [3.05, 3.63) is 42.0 Å². The zero-order chi connectivity index (χ0) is 20.5. The maximum atomic E-state index is 13.0. The molecule has 0 spiro atoms. The number of carbonyl (C=O) groups is 3. The molecule has 4 rings (SSSR count). The van der Waals surface area contributed by atoms with Crippen molar-refractivity contribution >= 4 is 34.2 Å². The summed E-state index contributed by atoms with van der Waals surface area (Å²) in [5.41, 5.74) is 1.18. The number of rotatable bonds is 6. The fourth-order valence-electron chi connectivity index (χ4n) is 4.11. The first kappa shape index (κ1) is 19.6. The maximum Gasteiger partial charge on any atom is 0.341 e.